The molecule has 1 aliphatic rings. The fourth-order valence-corrected chi connectivity index (χ4v) is 4.13. The van der Waals surface area contributed by atoms with Crippen LogP contribution >= 0.6 is 0 Å². The van der Waals surface area contributed by atoms with Crippen LogP contribution in [0, 0.1) is 5.92 Å². The van der Waals surface area contributed by atoms with Crippen LogP contribution in [0.5, 0.6) is 0 Å². The molecule has 0 amide bonds. The van der Waals surface area contributed by atoms with Crippen molar-refractivity contribution in [3.05, 3.63) is 53.9 Å². The van der Waals surface area contributed by atoms with Gasteiger partial charge in [-0.05, 0) is 55.2 Å². The quantitative estimate of drug-likeness (QED) is 0.571. The number of nitrogens with zero attached hydrogens (tertiary/aromatic N) is 1. The lowest BCUT2D eigenvalue weighted by molar-refractivity contribution is 0.305. The molecule has 1 heteroatoms. The van der Waals surface area contributed by atoms with Crippen LogP contribution in [0.1, 0.15) is 76.0 Å². The molecular weight excluding hydrogens is 290 g/mol. The van der Waals surface area contributed by atoms with Crippen molar-refractivity contribution >= 4 is 0 Å². The van der Waals surface area contributed by atoms with Gasteiger partial charge in [-0.25, -0.2) is 0 Å². The summed E-state index contributed by atoms with van der Waals surface area (Å²) in [5.74, 6) is 1.64. The lowest BCUT2D eigenvalue weighted by Gasteiger charge is -2.28. The van der Waals surface area contributed by atoms with Gasteiger partial charge in [-0.1, -0.05) is 63.4 Å². The highest BCUT2D eigenvalue weighted by molar-refractivity contribution is 5.62. The van der Waals surface area contributed by atoms with E-state index in [-0.39, 0.29) is 0 Å². The molecule has 0 aliphatic heterocycles. The van der Waals surface area contributed by atoms with Gasteiger partial charge in [0.25, 0.3) is 0 Å². The zero-order valence-corrected chi connectivity index (χ0v) is 15.3. The summed E-state index contributed by atoms with van der Waals surface area (Å²) in [6.07, 6.45) is 12.6. The third kappa shape index (κ3) is 4.26. The van der Waals surface area contributed by atoms with Gasteiger partial charge in [-0.2, -0.15) is 0 Å². The molecule has 1 nitrogen and oxygen atoms in total. The van der Waals surface area contributed by atoms with E-state index in [9.17, 15) is 0 Å². The summed E-state index contributed by atoms with van der Waals surface area (Å²) in [5.41, 5.74) is 5.24. The first-order valence-electron chi connectivity index (χ1n) is 9.85. The molecule has 1 heterocycles. The zero-order chi connectivity index (χ0) is 16.8. The molecule has 1 saturated carbocycles. The molecule has 0 unspecified atom stereocenters. The topological polar surface area (TPSA) is 12.9 Å². The van der Waals surface area contributed by atoms with E-state index in [2.05, 4.69) is 56.4 Å². The monoisotopic (exact) mass is 321 g/mol. The number of hydrogen-bond acceptors (Lipinski definition) is 1. The lowest BCUT2D eigenvalue weighted by atomic mass is 9.78. The Morgan fingerprint density at radius 2 is 1.54 bits per heavy atom. The van der Waals surface area contributed by atoms with Gasteiger partial charge >= 0.3 is 0 Å². The Bertz CT molecular complexity index is 603. The number of hydrogen-bond donors (Lipinski definition) is 0. The summed E-state index contributed by atoms with van der Waals surface area (Å²) < 4.78 is 0. The summed E-state index contributed by atoms with van der Waals surface area (Å²) in [5, 5.41) is 0. The highest BCUT2D eigenvalue weighted by Gasteiger charge is 2.22. The molecule has 0 bridgehead atoms. The van der Waals surface area contributed by atoms with Gasteiger partial charge < -0.3 is 0 Å². The van der Waals surface area contributed by atoms with E-state index >= 15 is 0 Å². The van der Waals surface area contributed by atoms with Gasteiger partial charge in [0.2, 0.25) is 0 Å². The Kier molecular flexibility index (Phi) is 6.07. The average Bonchev–Trinajstić information content (AvgIpc) is 2.64. The van der Waals surface area contributed by atoms with Crippen molar-refractivity contribution in [3.8, 4) is 11.1 Å². The van der Waals surface area contributed by atoms with Crippen molar-refractivity contribution in [2.24, 2.45) is 5.92 Å². The molecule has 1 fully saturated rings. The summed E-state index contributed by atoms with van der Waals surface area (Å²) in [6.45, 7) is 4.54. The third-order valence-corrected chi connectivity index (χ3v) is 5.57. The molecule has 1 aromatic carbocycles. The molecule has 0 saturated heterocycles. The van der Waals surface area contributed by atoms with Crippen molar-refractivity contribution in [2.45, 2.75) is 71.1 Å². The summed E-state index contributed by atoms with van der Waals surface area (Å²) >= 11 is 0. The molecule has 24 heavy (non-hydrogen) atoms. The van der Waals surface area contributed by atoms with Gasteiger partial charge in [0.1, 0.15) is 0 Å². The number of aryl methyl sites for hydroxylation is 1. The van der Waals surface area contributed by atoms with Crippen molar-refractivity contribution in [1.29, 1.82) is 0 Å². The standard InChI is InChI=1S/C23H31N/c1-3-5-18-7-11-20(12-8-18)22-15-16-23(24-17-22)21-13-9-19(6-4-2)10-14-21/h7-8,11-12,15-17,19,21H,3-6,9-10,13-14H2,1-2H3/t19-,21-. The molecule has 128 valence electrons. The van der Waals surface area contributed by atoms with Gasteiger partial charge in [-0.3, -0.25) is 4.98 Å². The normalized spacial score (nSPS) is 20.9. The van der Waals surface area contributed by atoms with E-state index < -0.39 is 0 Å². The van der Waals surface area contributed by atoms with Gasteiger partial charge in [0.15, 0.2) is 0 Å². The molecule has 1 aliphatic carbocycles. The largest absolute Gasteiger partial charge is 0.260 e. The minimum absolute atomic E-state index is 0.680. The fourth-order valence-electron chi connectivity index (χ4n) is 4.13. The van der Waals surface area contributed by atoms with Gasteiger partial charge in [0, 0.05) is 23.4 Å². The first-order valence-corrected chi connectivity index (χ1v) is 9.85. The molecule has 0 N–H and O–H groups in total. The second kappa shape index (κ2) is 8.46. The second-order valence-electron chi connectivity index (χ2n) is 7.42. The lowest BCUT2D eigenvalue weighted by Crippen LogP contribution is -2.14. The number of rotatable bonds is 6. The van der Waals surface area contributed by atoms with E-state index in [0.717, 1.165) is 12.3 Å². The van der Waals surface area contributed by atoms with Gasteiger partial charge in [0.05, 0.1) is 0 Å². The van der Waals surface area contributed by atoms with E-state index in [1.54, 1.807) is 0 Å². The Labute approximate surface area is 147 Å². The third-order valence-electron chi connectivity index (χ3n) is 5.57. The van der Waals surface area contributed by atoms with Crippen molar-refractivity contribution in [2.75, 3.05) is 0 Å². The minimum Gasteiger partial charge on any atom is -0.260 e. The summed E-state index contributed by atoms with van der Waals surface area (Å²) in [4.78, 5) is 4.81. The van der Waals surface area contributed by atoms with Crippen LogP contribution in [0.15, 0.2) is 42.6 Å². The minimum atomic E-state index is 0.680. The fraction of sp³-hybridized carbons (Fsp3) is 0.522. The second-order valence-corrected chi connectivity index (χ2v) is 7.42. The number of benzene rings is 1. The molecule has 2 aromatic rings. The van der Waals surface area contributed by atoms with Crippen LogP contribution in [-0.2, 0) is 6.42 Å². The van der Waals surface area contributed by atoms with Crippen LogP contribution in [0.25, 0.3) is 11.1 Å². The summed E-state index contributed by atoms with van der Waals surface area (Å²) in [7, 11) is 0. The molecule has 3 rings (SSSR count). The van der Waals surface area contributed by atoms with Crippen LogP contribution < -0.4 is 0 Å². The van der Waals surface area contributed by atoms with Crippen LogP contribution in [0.4, 0.5) is 0 Å². The smallest absolute Gasteiger partial charge is 0.0434 e. The first kappa shape index (κ1) is 17.2. The van der Waals surface area contributed by atoms with Crippen molar-refractivity contribution in [3.63, 3.8) is 0 Å². The maximum Gasteiger partial charge on any atom is 0.0434 e. The Hall–Kier alpha value is -1.63. The van der Waals surface area contributed by atoms with E-state index in [4.69, 9.17) is 4.98 Å². The van der Waals surface area contributed by atoms with Crippen LogP contribution in [0.3, 0.4) is 0 Å². The Morgan fingerprint density at radius 1 is 0.833 bits per heavy atom. The number of pyridine rings is 1. The number of aromatic nitrogens is 1. The maximum atomic E-state index is 4.81. The maximum absolute atomic E-state index is 4.81. The van der Waals surface area contributed by atoms with Crippen molar-refractivity contribution < 1.29 is 0 Å². The average molecular weight is 322 g/mol. The predicted octanol–water partition coefficient (Wildman–Crippen LogP) is 6.78. The molecule has 0 atom stereocenters. The highest BCUT2D eigenvalue weighted by atomic mass is 14.7. The van der Waals surface area contributed by atoms with Crippen LogP contribution in [-0.4, -0.2) is 4.98 Å². The Balaban J connectivity index is 1.63. The molecule has 0 spiro atoms. The van der Waals surface area contributed by atoms with Gasteiger partial charge in [-0.15, -0.1) is 0 Å². The molecule has 0 radical (unpaired) electrons. The van der Waals surface area contributed by atoms with Crippen molar-refractivity contribution in [1.82, 2.24) is 4.98 Å². The molecular formula is C23H31N. The van der Waals surface area contributed by atoms with Crippen LogP contribution in [0.2, 0.25) is 0 Å². The Morgan fingerprint density at radius 3 is 2.12 bits per heavy atom. The SMILES string of the molecule is CCCc1ccc(-c2ccc([C@H]3CC[C@H](CCC)CC3)nc2)cc1. The summed E-state index contributed by atoms with van der Waals surface area (Å²) in [6, 6.07) is 13.5. The van der Waals surface area contributed by atoms with E-state index in [1.807, 2.05) is 0 Å². The first-order chi connectivity index (χ1) is 11.8. The van der Waals surface area contributed by atoms with E-state index in [1.165, 1.54) is 67.3 Å². The highest BCUT2D eigenvalue weighted by Crippen LogP contribution is 2.37. The predicted molar refractivity (Wildman–Crippen MR) is 103 cm³/mol. The molecule has 1 aromatic heterocycles. The zero-order valence-electron chi connectivity index (χ0n) is 15.3. The van der Waals surface area contributed by atoms with E-state index in [0.29, 0.717) is 5.92 Å².